The first kappa shape index (κ1) is 12.6. The molecule has 0 saturated heterocycles. The molecule has 0 fully saturated rings. The van der Waals surface area contributed by atoms with Crippen LogP contribution in [0.5, 0.6) is 0 Å². The van der Waals surface area contributed by atoms with Gasteiger partial charge in [0.2, 0.25) is 0 Å². The van der Waals surface area contributed by atoms with Gasteiger partial charge in [-0.2, -0.15) is 0 Å². The fourth-order valence-corrected chi connectivity index (χ4v) is 1.36. The number of hydrogen-bond acceptors (Lipinski definition) is 4. The number of aliphatic hydroxyl groups excluding tert-OH is 2. The quantitative estimate of drug-likeness (QED) is 0.322. The zero-order valence-electron chi connectivity index (χ0n) is 8.29. The molecule has 0 aliphatic heterocycles. The van der Waals surface area contributed by atoms with Gasteiger partial charge in [-0.25, -0.2) is 0 Å². The molecule has 1 aromatic carbocycles. The number of nitrogens with two attached hydrogens (primary N) is 1. The van der Waals surface area contributed by atoms with Crippen LogP contribution >= 0.6 is 11.6 Å². The zero-order chi connectivity index (χ0) is 12.1. The predicted molar refractivity (Wildman–Crippen MR) is 60.8 cm³/mol. The lowest BCUT2D eigenvalue weighted by Gasteiger charge is -2.16. The van der Waals surface area contributed by atoms with Gasteiger partial charge in [0.1, 0.15) is 6.10 Å². The Hall–Kier alpha value is -1.46. The maximum atomic E-state index is 9.70. The maximum Gasteiger partial charge on any atom is 0.105 e. The van der Waals surface area contributed by atoms with Crippen molar-refractivity contribution in [1.82, 2.24) is 0 Å². The second kappa shape index (κ2) is 5.58. The van der Waals surface area contributed by atoms with Crippen molar-refractivity contribution in [3.63, 3.8) is 0 Å². The van der Waals surface area contributed by atoms with Crippen LogP contribution in [0.2, 0.25) is 5.02 Å². The van der Waals surface area contributed by atoms with Gasteiger partial charge in [0.25, 0.3) is 0 Å². The lowest BCUT2D eigenvalue weighted by Crippen LogP contribution is -2.21. The van der Waals surface area contributed by atoms with Crippen LogP contribution < -0.4 is 5.73 Å². The molecule has 16 heavy (non-hydrogen) atoms. The van der Waals surface area contributed by atoms with Gasteiger partial charge in [-0.1, -0.05) is 22.8 Å². The van der Waals surface area contributed by atoms with Crippen molar-refractivity contribution >= 4 is 17.3 Å². The van der Waals surface area contributed by atoms with E-state index in [1.807, 2.05) is 0 Å². The molecule has 0 aromatic heterocycles. The Bertz CT molecular complexity index is 420. The van der Waals surface area contributed by atoms with Crippen molar-refractivity contribution in [2.45, 2.75) is 12.2 Å². The summed E-state index contributed by atoms with van der Waals surface area (Å²) in [6.45, 7) is -0.209. The molecule has 4 N–H and O–H groups in total. The molecule has 1 aromatic rings. The van der Waals surface area contributed by atoms with E-state index in [0.29, 0.717) is 16.3 Å². The molecule has 0 bridgehead atoms. The number of anilines is 1. The Balaban J connectivity index is 2.82. The van der Waals surface area contributed by atoms with Gasteiger partial charge in [-0.3, -0.25) is 0 Å². The summed E-state index contributed by atoms with van der Waals surface area (Å²) in [5, 5.41) is 22.6. The number of benzene rings is 1. The van der Waals surface area contributed by atoms with Crippen LogP contribution in [0, 0.1) is 0 Å². The van der Waals surface area contributed by atoms with Crippen molar-refractivity contribution < 1.29 is 10.2 Å². The maximum absolute atomic E-state index is 9.70. The Morgan fingerprint density at radius 2 is 2.19 bits per heavy atom. The largest absolute Gasteiger partial charge is 0.398 e. The molecule has 2 unspecified atom stereocenters. The molecular weight excluding hydrogens is 232 g/mol. The lowest BCUT2D eigenvalue weighted by molar-refractivity contribution is 0.0244. The van der Waals surface area contributed by atoms with Gasteiger partial charge in [-0.05, 0) is 23.2 Å². The number of hydrogen-bond donors (Lipinski definition) is 3. The van der Waals surface area contributed by atoms with Gasteiger partial charge < -0.3 is 15.9 Å². The molecular formula is C9H11ClN4O2. The van der Waals surface area contributed by atoms with Crippen LogP contribution in [0.1, 0.15) is 11.7 Å². The van der Waals surface area contributed by atoms with Crippen LogP contribution in [-0.2, 0) is 0 Å². The minimum atomic E-state index is -1.17. The number of halogens is 1. The summed E-state index contributed by atoms with van der Waals surface area (Å²) in [6.07, 6.45) is -2.33. The third kappa shape index (κ3) is 3.01. The van der Waals surface area contributed by atoms with E-state index in [-0.39, 0.29) is 6.54 Å². The molecule has 1 rings (SSSR count). The number of nitrogens with zero attached hydrogens (tertiary/aromatic N) is 3. The third-order valence-corrected chi connectivity index (χ3v) is 2.39. The van der Waals surface area contributed by atoms with Crippen LogP contribution in [-0.4, -0.2) is 22.9 Å². The summed E-state index contributed by atoms with van der Waals surface area (Å²) in [5.41, 5.74) is 14.4. The van der Waals surface area contributed by atoms with Gasteiger partial charge in [0.15, 0.2) is 0 Å². The minimum Gasteiger partial charge on any atom is -0.398 e. The van der Waals surface area contributed by atoms with Crippen molar-refractivity contribution in [3.8, 4) is 0 Å². The second-order valence-corrected chi connectivity index (χ2v) is 3.61. The first-order valence-corrected chi connectivity index (χ1v) is 4.86. The first-order valence-electron chi connectivity index (χ1n) is 4.48. The van der Waals surface area contributed by atoms with Crippen LogP contribution in [0.4, 0.5) is 5.69 Å². The first-order chi connectivity index (χ1) is 7.56. The van der Waals surface area contributed by atoms with Gasteiger partial charge in [-0.15, -0.1) is 0 Å². The average Bonchev–Trinajstić information content (AvgIpc) is 2.28. The monoisotopic (exact) mass is 242 g/mol. The molecule has 86 valence electrons. The molecule has 0 aliphatic rings. The molecule has 0 aliphatic carbocycles. The number of rotatable bonds is 4. The van der Waals surface area contributed by atoms with Crippen molar-refractivity contribution in [2.75, 3.05) is 12.3 Å². The van der Waals surface area contributed by atoms with E-state index >= 15 is 0 Å². The lowest BCUT2D eigenvalue weighted by atomic mass is 10.0. The Morgan fingerprint density at radius 1 is 1.50 bits per heavy atom. The summed E-state index contributed by atoms with van der Waals surface area (Å²) in [5.74, 6) is 0. The second-order valence-electron chi connectivity index (χ2n) is 3.21. The predicted octanol–water partition coefficient (Wildman–Crippen LogP) is 1.63. The van der Waals surface area contributed by atoms with Gasteiger partial charge >= 0.3 is 0 Å². The average molecular weight is 243 g/mol. The van der Waals surface area contributed by atoms with Crippen LogP contribution in [0.15, 0.2) is 23.3 Å². The topological polar surface area (TPSA) is 115 Å². The third-order valence-electron chi connectivity index (χ3n) is 2.06. The van der Waals surface area contributed by atoms with Crippen molar-refractivity contribution in [1.29, 1.82) is 0 Å². The summed E-state index contributed by atoms with van der Waals surface area (Å²) in [7, 11) is 0. The van der Waals surface area contributed by atoms with E-state index in [0.717, 1.165) is 0 Å². The van der Waals surface area contributed by atoms with Gasteiger partial charge in [0.05, 0.1) is 23.4 Å². The molecule has 0 amide bonds. The van der Waals surface area contributed by atoms with E-state index in [4.69, 9.17) is 22.9 Å². The van der Waals surface area contributed by atoms with E-state index in [2.05, 4.69) is 10.0 Å². The fraction of sp³-hybridized carbons (Fsp3) is 0.333. The zero-order valence-corrected chi connectivity index (χ0v) is 9.04. The number of aliphatic hydroxyl groups is 2. The van der Waals surface area contributed by atoms with Gasteiger partial charge in [0, 0.05) is 4.91 Å². The SMILES string of the molecule is [N-]=[N+]=NCC(O)C(O)c1ccc(N)c(Cl)c1. The Labute approximate surface area is 96.9 Å². The smallest absolute Gasteiger partial charge is 0.105 e. The Kier molecular flexibility index (Phi) is 4.39. The normalized spacial score (nSPS) is 13.9. The molecule has 0 spiro atoms. The van der Waals surface area contributed by atoms with E-state index < -0.39 is 12.2 Å². The molecule has 0 radical (unpaired) electrons. The summed E-state index contributed by atoms with van der Waals surface area (Å²) < 4.78 is 0. The van der Waals surface area contributed by atoms with E-state index in [1.165, 1.54) is 12.1 Å². The highest BCUT2D eigenvalue weighted by atomic mass is 35.5. The van der Waals surface area contributed by atoms with E-state index in [9.17, 15) is 10.2 Å². The van der Waals surface area contributed by atoms with E-state index in [1.54, 1.807) is 6.07 Å². The standard InChI is InChI=1S/C9H11ClN4O2/c10-6-3-5(1-2-7(6)11)9(16)8(15)4-13-14-12/h1-3,8-9,15-16H,4,11H2. The molecule has 2 atom stereocenters. The highest BCUT2D eigenvalue weighted by Crippen LogP contribution is 2.25. The molecule has 6 nitrogen and oxygen atoms in total. The summed E-state index contributed by atoms with van der Waals surface area (Å²) in [6, 6.07) is 4.53. The Morgan fingerprint density at radius 3 is 2.75 bits per heavy atom. The minimum absolute atomic E-state index is 0.209. The molecule has 0 heterocycles. The molecule has 0 saturated carbocycles. The van der Waals surface area contributed by atoms with Crippen LogP contribution in [0.3, 0.4) is 0 Å². The van der Waals surface area contributed by atoms with Crippen molar-refractivity contribution in [3.05, 3.63) is 39.2 Å². The molecule has 7 heteroatoms. The fourth-order valence-electron chi connectivity index (χ4n) is 1.17. The highest BCUT2D eigenvalue weighted by molar-refractivity contribution is 6.33. The van der Waals surface area contributed by atoms with Crippen molar-refractivity contribution in [2.24, 2.45) is 5.11 Å². The van der Waals surface area contributed by atoms with Crippen LogP contribution in [0.25, 0.3) is 10.4 Å². The number of azide groups is 1. The highest BCUT2D eigenvalue weighted by Gasteiger charge is 2.18. The summed E-state index contributed by atoms with van der Waals surface area (Å²) >= 11 is 5.77. The number of nitrogen functional groups attached to an aromatic ring is 1. The summed E-state index contributed by atoms with van der Waals surface area (Å²) in [4.78, 5) is 2.49.